The first-order valence-electron chi connectivity index (χ1n) is 14.4. The van der Waals surface area contributed by atoms with Gasteiger partial charge in [0.1, 0.15) is 0 Å². The molecule has 4 heteroatoms. The van der Waals surface area contributed by atoms with E-state index < -0.39 is 13.3 Å². The maximum Gasteiger partial charge on any atom is 0.376 e. The quantitative estimate of drug-likeness (QED) is 0.0592. The maximum atomic E-state index is 12.0. The Hall–Kier alpha value is -0.240. The second-order valence-corrected chi connectivity index (χ2v) is 12.4. The van der Waals surface area contributed by atoms with Crippen LogP contribution in [0.15, 0.2) is 12.2 Å². The molecule has 2 atom stereocenters. The second kappa shape index (κ2) is 21.1. The normalized spacial score (nSPS) is 14.7. The van der Waals surface area contributed by atoms with Gasteiger partial charge in [0.15, 0.2) is 0 Å². The average Bonchev–Trinajstić information content (AvgIpc) is 2.76. The van der Waals surface area contributed by atoms with Crippen LogP contribution in [-0.2, 0) is 4.57 Å². The van der Waals surface area contributed by atoms with Crippen molar-refractivity contribution in [1.29, 1.82) is 0 Å². The number of allylic oxidation sites excluding steroid dienone is 2. The molecule has 3 nitrogen and oxygen atoms in total. The number of hydrogen-bond donors (Lipinski definition) is 0. The minimum atomic E-state index is -2.42. The van der Waals surface area contributed by atoms with Gasteiger partial charge in [0.05, 0.1) is 21.1 Å². The van der Waals surface area contributed by atoms with Crippen LogP contribution in [-0.4, -0.2) is 30.9 Å². The molecule has 0 fully saturated rings. The van der Waals surface area contributed by atoms with E-state index in [-0.39, 0.29) is 0 Å². The van der Waals surface area contributed by atoms with Crippen LogP contribution in [0.2, 0.25) is 0 Å². The lowest BCUT2D eigenvalue weighted by Gasteiger charge is -2.39. The average molecular weight is 485 g/mol. The molecule has 33 heavy (non-hydrogen) atoms. The van der Waals surface area contributed by atoms with Gasteiger partial charge in [0, 0.05) is 12.8 Å². The number of nitrogens with zero attached hydrogens (tertiary/aromatic N) is 1. The Morgan fingerprint density at radius 2 is 1.00 bits per heavy atom. The van der Waals surface area contributed by atoms with Crippen LogP contribution in [0, 0.1) is 0 Å². The fraction of sp³-hybridized carbons (Fsp3) is 0.931. The highest BCUT2D eigenvalue weighted by Gasteiger charge is 2.52. The summed E-state index contributed by atoms with van der Waals surface area (Å²) < 4.78 is 12.5. The Bertz CT molecular complexity index is 487. The molecule has 0 aromatic heterocycles. The van der Waals surface area contributed by atoms with E-state index in [0.29, 0.717) is 10.9 Å². The van der Waals surface area contributed by atoms with Gasteiger partial charge in [-0.05, 0) is 32.1 Å². The Kier molecular flexibility index (Phi) is 20.9. The van der Waals surface area contributed by atoms with Crippen molar-refractivity contribution in [2.24, 2.45) is 0 Å². The fourth-order valence-corrected chi connectivity index (χ4v) is 6.08. The van der Waals surface area contributed by atoms with Crippen molar-refractivity contribution in [2.45, 2.75) is 154 Å². The van der Waals surface area contributed by atoms with Crippen LogP contribution in [0.3, 0.4) is 0 Å². The summed E-state index contributed by atoms with van der Waals surface area (Å²) in [5.74, 6) is 0. The van der Waals surface area contributed by atoms with Gasteiger partial charge in [0.25, 0.3) is 5.28 Å². The standard InChI is InChI=1S/C29H59NO2P/c1-6-8-9-10-11-12-13-14-15-16-17-18-19-20-21-22-23-24-25-26-27-28-29(7-2,33(31)32)30(3,4)5/h18-19H,6-17,20-28H2,1-5H3/q+1. The van der Waals surface area contributed by atoms with Crippen molar-refractivity contribution in [3.63, 3.8) is 0 Å². The van der Waals surface area contributed by atoms with Gasteiger partial charge in [-0.15, -0.1) is 0 Å². The molecule has 0 aliphatic heterocycles. The maximum absolute atomic E-state index is 12.0. The highest BCUT2D eigenvalue weighted by Crippen LogP contribution is 2.44. The topological polar surface area (TPSA) is 40.1 Å². The summed E-state index contributed by atoms with van der Waals surface area (Å²) in [6.45, 7) is 4.30. The van der Waals surface area contributed by atoms with Crippen LogP contribution in [0.25, 0.3) is 0 Å². The fourth-order valence-electron chi connectivity index (χ4n) is 4.99. The van der Waals surface area contributed by atoms with E-state index in [1.54, 1.807) is 0 Å². The molecule has 0 aromatic rings. The van der Waals surface area contributed by atoms with Crippen LogP contribution in [0.4, 0.5) is 0 Å². The van der Waals surface area contributed by atoms with Gasteiger partial charge in [-0.2, -0.15) is 0 Å². The van der Waals surface area contributed by atoms with E-state index in [9.17, 15) is 9.46 Å². The first-order valence-corrected chi connectivity index (χ1v) is 15.6. The summed E-state index contributed by atoms with van der Waals surface area (Å²) in [6.07, 6.45) is 31.6. The predicted molar refractivity (Wildman–Crippen MR) is 146 cm³/mol. The van der Waals surface area contributed by atoms with Gasteiger partial charge >= 0.3 is 8.03 Å². The molecule has 196 valence electrons. The van der Waals surface area contributed by atoms with Gasteiger partial charge in [-0.25, -0.2) is 0 Å². The number of quaternary nitrogens is 1. The molecule has 2 unspecified atom stereocenters. The van der Waals surface area contributed by atoms with Crippen molar-refractivity contribution >= 4 is 8.03 Å². The number of rotatable bonds is 24. The monoisotopic (exact) mass is 484 g/mol. The van der Waals surface area contributed by atoms with Crippen LogP contribution in [0.5, 0.6) is 0 Å². The molecule has 0 saturated carbocycles. The minimum Gasteiger partial charge on any atom is -0.590 e. The van der Waals surface area contributed by atoms with Crippen LogP contribution < -0.4 is 4.89 Å². The van der Waals surface area contributed by atoms with Crippen molar-refractivity contribution in [3.05, 3.63) is 12.2 Å². The Labute approximate surface area is 209 Å². The van der Waals surface area contributed by atoms with Crippen LogP contribution in [0.1, 0.15) is 149 Å². The lowest BCUT2D eigenvalue weighted by Crippen LogP contribution is -2.55. The molecule has 0 N–H and O–H groups in total. The summed E-state index contributed by atoms with van der Waals surface area (Å²) in [6, 6.07) is 0. The van der Waals surface area contributed by atoms with Crippen molar-refractivity contribution in [3.8, 4) is 0 Å². The molecule has 0 rings (SSSR count). The van der Waals surface area contributed by atoms with E-state index in [1.807, 2.05) is 28.1 Å². The van der Waals surface area contributed by atoms with E-state index >= 15 is 0 Å². The second-order valence-electron chi connectivity index (χ2n) is 11.1. The molecular formula is C29H59NO2P+. The summed E-state index contributed by atoms with van der Waals surface area (Å²) >= 11 is 0. The lowest BCUT2D eigenvalue weighted by atomic mass is 10.0. The summed E-state index contributed by atoms with van der Waals surface area (Å²) in [7, 11) is 3.63. The smallest absolute Gasteiger partial charge is 0.376 e. The van der Waals surface area contributed by atoms with Gasteiger partial charge in [0.2, 0.25) is 0 Å². The van der Waals surface area contributed by atoms with Crippen LogP contribution >= 0.6 is 8.03 Å². The van der Waals surface area contributed by atoms with Gasteiger partial charge in [-0.1, -0.05) is 120 Å². The predicted octanol–water partition coefficient (Wildman–Crippen LogP) is 9.28. The van der Waals surface area contributed by atoms with E-state index in [1.165, 1.54) is 109 Å². The molecule has 0 saturated heterocycles. The molecule has 0 heterocycles. The first-order chi connectivity index (χ1) is 15.8. The van der Waals surface area contributed by atoms with Crippen molar-refractivity contribution in [2.75, 3.05) is 21.1 Å². The third-order valence-electron chi connectivity index (χ3n) is 7.49. The highest BCUT2D eigenvalue weighted by atomic mass is 31.1. The number of hydrogen-bond acceptors (Lipinski definition) is 2. The Morgan fingerprint density at radius 1 is 0.636 bits per heavy atom. The van der Waals surface area contributed by atoms with E-state index in [2.05, 4.69) is 19.1 Å². The van der Waals surface area contributed by atoms with E-state index in [0.717, 1.165) is 19.3 Å². The first kappa shape index (κ1) is 32.8. The molecule has 0 amide bonds. The zero-order valence-electron chi connectivity index (χ0n) is 23.2. The summed E-state index contributed by atoms with van der Waals surface area (Å²) in [4.78, 5) is 12.0. The third kappa shape index (κ3) is 16.1. The zero-order valence-corrected chi connectivity index (χ0v) is 24.1. The van der Waals surface area contributed by atoms with E-state index in [4.69, 9.17) is 0 Å². The summed E-state index contributed by atoms with van der Waals surface area (Å²) in [5, 5.41) is -0.602. The molecule has 0 spiro atoms. The molecule has 0 radical (unpaired) electrons. The third-order valence-corrected chi connectivity index (χ3v) is 9.31. The number of unbranched alkanes of at least 4 members (excludes halogenated alkanes) is 17. The molecule has 0 aromatic carbocycles. The highest BCUT2D eigenvalue weighted by molar-refractivity contribution is 7.38. The Morgan fingerprint density at radius 3 is 1.33 bits per heavy atom. The molecular weight excluding hydrogens is 425 g/mol. The van der Waals surface area contributed by atoms with Crippen molar-refractivity contribution in [1.82, 2.24) is 0 Å². The van der Waals surface area contributed by atoms with Gasteiger partial charge in [-0.3, -0.25) is 4.48 Å². The lowest BCUT2D eigenvalue weighted by molar-refractivity contribution is -0.910. The minimum absolute atomic E-state index is 0.509. The van der Waals surface area contributed by atoms with Gasteiger partial charge < -0.3 is 4.89 Å². The Balaban J connectivity index is 3.51. The van der Waals surface area contributed by atoms with Crippen molar-refractivity contribution < 1.29 is 13.9 Å². The zero-order chi connectivity index (χ0) is 24.8. The summed E-state index contributed by atoms with van der Waals surface area (Å²) in [5.41, 5.74) is 0. The SMILES string of the molecule is CCCCCCCCCCCCC=CCCCCCCCCCC(CC)([P+](=O)[O-])[N+](C)(C)C. The molecule has 0 aliphatic rings. The molecule has 0 aliphatic carbocycles. The molecule has 0 bridgehead atoms. The largest absolute Gasteiger partial charge is 0.590 e.